The van der Waals surface area contributed by atoms with E-state index in [0.29, 0.717) is 36.5 Å². The first-order valence-corrected chi connectivity index (χ1v) is 14.7. The topological polar surface area (TPSA) is 83.8 Å². The van der Waals surface area contributed by atoms with E-state index in [1.54, 1.807) is 6.92 Å². The number of carboxylic acids is 1. The summed E-state index contributed by atoms with van der Waals surface area (Å²) in [6, 6.07) is 0. The Morgan fingerprint density at radius 1 is 1.11 bits per heavy atom. The van der Waals surface area contributed by atoms with Gasteiger partial charge in [0.25, 0.3) is 0 Å². The van der Waals surface area contributed by atoms with E-state index < -0.39 is 17.5 Å². The third-order valence-electron chi connectivity index (χ3n) is 11.9. The molecule has 5 heteroatoms. The molecule has 4 aliphatic carbocycles. The molecule has 5 nitrogen and oxygen atoms in total. The Balaban J connectivity index is 1.72. The zero-order chi connectivity index (χ0) is 27.5. The number of hydrogen-bond donors (Lipinski definition) is 2. The summed E-state index contributed by atoms with van der Waals surface area (Å²) in [6.07, 6.45) is 7.02. The third-order valence-corrected chi connectivity index (χ3v) is 11.9. The van der Waals surface area contributed by atoms with Gasteiger partial charge in [-0.1, -0.05) is 57.9 Å². The fraction of sp³-hybridized carbons (Fsp3) is 0.812. The van der Waals surface area contributed by atoms with E-state index in [2.05, 4.69) is 41.2 Å². The number of aliphatic carboxylic acids is 1. The van der Waals surface area contributed by atoms with E-state index >= 15 is 0 Å². The highest BCUT2D eigenvalue weighted by Gasteiger charge is 2.65. The van der Waals surface area contributed by atoms with Crippen molar-refractivity contribution < 1.29 is 24.5 Å². The van der Waals surface area contributed by atoms with Crippen LogP contribution >= 0.6 is 0 Å². The van der Waals surface area contributed by atoms with Gasteiger partial charge in [0.15, 0.2) is 0 Å². The second kappa shape index (κ2) is 9.84. The zero-order valence-corrected chi connectivity index (χ0v) is 24.2. The largest absolute Gasteiger partial charge is 0.481 e. The first kappa shape index (κ1) is 28.4. The lowest BCUT2D eigenvalue weighted by atomic mass is 9.45. The van der Waals surface area contributed by atoms with Crippen molar-refractivity contribution in [2.45, 2.75) is 118 Å². The second-order valence-corrected chi connectivity index (χ2v) is 13.9. The number of carbonyl (C=O) groups is 2. The summed E-state index contributed by atoms with van der Waals surface area (Å²) in [4.78, 5) is 24.9. The van der Waals surface area contributed by atoms with Crippen LogP contribution in [-0.4, -0.2) is 34.4 Å². The molecule has 0 aliphatic heterocycles. The molecule has 9 atom stereocenters. The molecule has 2 fully saturated rings. The van der Waals surface area contributed by atoms with Crippen LogP contribution in [0, 0.1) is 45.8 Å². The van der Waals surface area contributed by atoms with Gasteiger partial charge < -0.3 is 14.9 Å². The van der Waals surface area contributed by atoms with Gasteiger partial charge in [0.05, 0.1) is 11.5 Å². The molecule has 2 saturated carbocycles. The second-order valence-electron chi connectivity index (χ2n) is 13.9. The fourth-order valence-corrected chi connectivity index (χ4v) is 9.46. The smallest absolute Gasteiger partial charge is 0.312 e. The molecular formula is C32H50O5. The Kier molecular flexibility index (Phi) is 7.55. The predicted molar refractivity (Wildman–Crippen MR) is 146 cm³/mol. The number of aliphatic hydroxyl groups is 1. The molecule has 0 amide bonds. The summed E-state index contributed by atoms with van der Waals surface area (Å²) in [6.45, 7) is 19.0. The number of ether oxygens (including phenoxy) is 1. The lowest BCUT2D eigenvalue weighted by Gasteiger charge is -2.60. The lowest BCUT2D eigenvalue weighted by Crippen LogP contribution is -2.59. The Morgan fingerprint density at radius 3 is 2.38 bits per heavy atom. The maximum atomic E-state index is 12.5. The normalized spacial score (nSPS) is 42.0. The molecule has 2 N–H and O–H groups in total. The number of carboxylic acid groups (broad SMARTS) is 1. The van der Waals surface area contributed by atoms with Gasteiger partial charge in [-0.15, -0.1) is 0 Å². The van der Waals surface area contributed by atoms with Gasteiger partial charge in [0.2, 0.25) is 0 Å². The van der Waals surface area contributed by atoms with E-state index in [4.69, 9.17) is 4.74 Å². The van der Waals surface area contributed by atoms with Crippen molar-refractivity contribution in [1.82, 2.24) is 0 Å². The minimum absolute atomic E-state index is 0.115. The molecule has 4 aliphatic rings. The molecule has 0 saturated heterocycles. The van der Waals surface area contributed by atoms with Gasteiger partial charge in [0.1, 0.15) is 6.10 Å². The quantitative estimate of drug-likeness (QED) is 0.284. The highest BCUT2D eigenvalue weighted by atomic mass is 16.5. The van der Waals surface area contributed by atoms with Crippen LogP contribution in [-0.2, 0) is 14.3 Å². The van der Waals surface area contributed by atoms with Crippen molar-refractivity contribution >= 4 is 11.9 Å². The molecule has 0 aromatic heterocycles. The molecule has 0 aromatic carbocycles. The van der Waals surface area contributed by atoms with Crippen molar-refractivity contribution in [2.75, 3.05) is 0 Å². The SMILES string of the molecule is C=C(CCC(C)C1CCC2C3=C(CC(OC(C)=O)C21C)C1(C)CCC(O)C(C)(C(=O)O)C1CC3)C(C)C. The molecule has 0 heterocycles. The first-order chi connectivity index (χ1) is 17.2. The Bertz CT molecular complexity index is 980. The molecule has 9 unspecified atom stereocenters. The van der Waals surface area contributed by atoms with Crippen molar-refractivity contribution in [3.05, 3.63) is 23.3 Å². The summed E-state index contributed by atoms with van der Waals surface area (Å²) in [7, 11) is 0. The third kappa shape index (κ3) is 4.32. The summed E-state index contributed by atoms with van der Waals surface area (Å²) in [5.74, 6) is 0.596. The molecule has 0 radical (unpaired) electrons. The Hall–Kier alpha value is -1.62. The molecule has 0 aromatic rings. The molecule has 37 heavy (non-hydrogen) atoms. The van der Waals surface area contributed by atoms with E-state index in [-0.39, 0.29) is 28.8 Å². The van der Waals surface area contributed by atoms with Gasteiger partial charge in [-0.2, -0.15) is 0 Å². The zero-order valence-electron chi connectivity index (χ0n) is 24.2. The van der Waals surface area contributed by atoms with Crippen molar-refractivity contribution in [2.24, 2.45) is 45.8 Å². The summed E-state index contributed by atoms with van der Waals surface area (Å²) >= 11 is 0. The van der Waals surface area contributed by atoms with Gasteiger partial charge in [0, 0.05) is 18.8 Å². The number of hydrogen-bond acceptors (Lipinski definition) is 4. The Labute approximate surface area is 224 Å². The Morgan fingerprint density at radius 2 is 1.78 bits per heavy atom. The van der Waals surface area contributed by atoms with E-state index in [1.165, 1.54) is 23.6 Å². The average Bonchev–Trinajstić information content (AvgIpc) is 3.18. The molecule has 0 spiro atoms. The first-order valence-electron chi connectivity index (χ1n) is 14.7. The van der Waals surface area contributed by atoms with Crippen LogP contribution in [0.2, 0.25) is 0 Å². The maximum absolute atomic E-state index is 12.5. The van der Waals surface area contributed by atoms with E-state index in [1.807, 2.05) is 0 Å². The highest BCUT2D eigenvalue weighted by Crippen LogP contribution is 2.68. The molecule has 4 rings (SSSR count). The minimum Gasteiger partial charge on any atom is -0.481 e. The van der Waals surface area contributed by atoms with Crippen LogP contribution in [0.4, 0.5) is 0 Å². The van der Waals surface area contributed by atoms with Crippen LogP contribution in [0.5, 0.6) is 0 Å². The molecule has 208 valence electrons. The minimum atomic E-state index is -1.16. The van der Waals surface area contributed by atoms with E-state index in [9.17, 15) is 19.8 Å². The summed E-state index contributed by atoms with van der Waals surface area (Å²) < 4.78 is 6.19. The average molecular weight is 515 g/mol. The van der Waals surface area contributed by atoms with Crippen LogP contribution < -0.4 is 0 Å². The number of aliphatic hydroxyl groups excluding tert-OH is 1. The van der Waals surface area contributed by atoms with Crippen molar-refractivity contribution in [3.63, 3.8) is 0 Å². The lowest BCUT2D eigenvalue weighted by molar-refractivity contribution is -0.177. The summed E-state index contributed by atoms with van der Waals surface area (Å²) in [5.41, 5.74) is 2.61. The number of rotatable bonds is 7. The number of carbonyl (C=O) groups excluding carboxylic acids is 1. The van der Waals surface area contributed by atoms with Gasteiger partial charge in [-0.05, 0) is 93.3 Å². The van der Waals surface area contributed by atoms with Crippen LogP contribution in [0.25, 0.3) is 0 Å². The fourth-order valence-electron chi connectivity index (χ4n) is 9.46. The van der Waals surface area contributed by atoms with Crippen LogP contribution in [0.1, 0.15) is 106 Å². The van der Waals surface area contributed by atoms with E-state index in [0.717, 1.165) is 44.9 Å². The number of fused-ring (bicyclic) bond motifs is 4. The monoisotopic (exact) mass is 514 g/mol. The molecular weight excluding hydrogens is 464 g/mol. The maximum Gasteiger partial charge on any atom is 0.312 e. The van der Waals surface area contributed by atoms with Crippen molar-refractivity contribution in [1.29, 1.82) is 0 Å². The highest BCUT2D eigenvalue weighted by molar-refractivity contribution is 5.76. The van der Waals surface area contributed by atoms with Crippen LogP contribution in [0.3, 0.4) is 0 Å². The molecule has 0 bridgehead atoms. The standard InChI is InChI=1S/C32H50O5/c1-18(2)19(3)9-10-20(4)23-12-13-24-22-11-14-26-30(6,16-15-27(34)32(26,8)29(35)36)25(22)17-28(31(23,24)7)37-21(5)33/h18,20,23-24,26-28,34H,3,9-17H2,1-2,4-8H3,(H,35,36). The predicted octanol–water partition coefficient (Wildman–Crippen LogP) is 6.94. The number of allylic oxidation sites excluding steroid dienone is 2. The van der Waals surface area contributed by atoms with Gasteiger partial charge in [-0.3, -0.25) is 9.59 Å². The van der Waals surface area contributed by atoms with Gasteiger partial charge >= 0.3 is 11.9 Å². The van der Waals surface area contributed by atoms with Gasteiger partial charge in [-0.25, -0.2) is 0 Å². The summed E-state index contributed by atoms with van der Waals surface area (Å²) in [5, 5.41) is 21.1. The van der Waals surface area contributed by atoms with Crippen LogP contribution in [0.15, 0.2) is 23.3 Å². The van der Waals surface area contributed by atoms with Crippen molar-refractivity contribution in [3.8, 4) is 0 Å². The number of esters is 1.